The Hall–Kier alpha value is -0.340. The molecule has 2 nitrogen and oxygen atoms in total. The van der Waals surface area contributed by atoms with Crippen LogP contribution in [-0.4, -0.2) is 21.4 Å². The maximum Gasteiger partial charge on any atom is 0.0996 e. The smallest absolute Gasteiger partial charge is 0.0996 e. The lowest BCUT2D eigenvalue weighted by atomic mass is 9.60. The molecule has 1 saturated carbocycles. The van der Waals surface area contributed by atoms with Gasteiger partial charge in [0, 0.05) is 5.92 Å². The van der Waals surface area contributed by atoms with Crippen LogP contribution in [0.5, 0.6) is 0 Å². The quantitative estimate of drug-likeness (QED) is 0.582. The van der Waals surface area contributed by atoms with Gasteiger partial charge in [-0.05, 0) is 26.2 Å². The first-order valence-corrected chi connectivity index (χ1v) is 5.60. The van der Waals surface area contributed by atoms with E-state index in [1.165, 1.54) is 5.57 Å². The van der Waals surface area contributed by atoms with Crippen molar-refractivity contribution < 1.29 is 10.2 Å². The highest BCUT2D eigenvalue weighted by Crippen LogP contribution is 2.48. The van der Waals surface area contributed by atoms with Crippen molar-refractivity contribution in [3.05, 3.63) is 11.6 Å². The number of fused-ring (bicyclic) bond motifs is 1. The van der Waals surface area contributed by atoms with Crippen molar-refractivity contribution in [1.29, 1.82) is 0 Å². The number of rotatable bonds is 0. The van der Waals surface area contributed by atoms with Crippen LogP contribution >= 0.6 is 0 Å². The average molecular weight is 196 g/mol. The third-order valence-corrected chi connectivity index (χ3v) is 4.06. The Morgan fingerprint density at radius 1 is 1.29 bits per heavy atom. The first-order valence-electron chi connectivity index (χ1n) is 5.60. The zero-order valence-corrected chi connectivity index (χ0v) is 9.08. The second-order valence-corrected chi connectivity index (χ2v) is 5.14. The van der Waals surface area contributed by atoms with Crippen LogP contribution in [0.4, 0.5) is 0 Å². The van der Waals surface area contributed by atoms with E-state index in [4.69, 9.17) is 0 Å². The summed E-state index contributed by atoms with van der Waals surface area (Å²) in [4.78, 5) is 0. The molecule has 1 fully saturated rings. The maximum atomic E-state index is 10.5. The van der Waals surface area contributed by atoms with Crippen molar-refractivity contribution in [2.24, 2.45) is 5.92 Å². The molecule has 2 N–H and O–H groups in total. The van der Waals surface area contributed by atoms with Crippen LogP contribution < -0.4 is 0 Å². The molecule has 0 amide bonds. The molecule has 2 aliphatic carbocycles. The van der Waals surface area contributed by atoms with Gasteiger partial charge in [-0.2, -0.15) is 0 Å². The van der Waals surface area contributed by atoms with E-state index in [0.717, 1.165) is 25.7 Å². The summed E-state index contributed by atoms with van der Waals surface area (Å²) in [6.07, 6.45) is 6.33. The molecule has 0 bridgehead atoms. The molecule has 0 heterocycles. The topological polar surface area (TPSA) is 40.5 Å². The molecule has 0 aromatic heterocycles. The summed E-state index contributed by atoms with van der Waals surface area (Å²) in [5.41, 5.74) is -0.513. The minimum atomic E-state index is -0.870. The normalized spacial score (nSPS) is 48.3. The minimum Gasteiger partial charge on any atom is -0.387 e. The van der Waals surface area contributed by atoms with Crippen LogP contribution in [0, 0.1) is 5.92 Å². The summed E-state index contributed by atoms with van der Waals surface area (Å²) in [5, 5.41) is 21.0. The molecule has 80 valence electrons. The van der Waals surface area contributed by atoms with Crippen LogP contribution in [-0.2, 0) is 0 Å². The van der Waals surface area contributed by atoms with Crippen LogP contribution in [0.3, 0.4) is 0 Å². The summed E-state index contributed by atoms with van der Waals surface area (Å²) in [5.74, 6) is 0.0848. The Bertz CT molecular complexity index is 271. The van der Waals surface area contributed by atoms with Crippen molar-refractivity contribution in [3.8, 4) is 0 Å². The van der Waals surface area contributed by atoms with Gasteiger partial charge in [0.05, 0.1) is 11.2 Å². The molecule has 2 rings (SSSR count). The monoisotopic (exact) mass is 196 g/mol. The van der Waals surface area contributed by atoms with E-state index in [0.29, 0.717) is 6.42 Å². The third kappa shape index (κ3) is 1.24. The number of hydrogen-bond acceptors (Lipinski definition) is 2. The van der Waals surface area contributed by atoms with Crippen LogP contribution in [0.15, 0.2) is 11.6 Å². The molecule has 0 aromatic carbocycles. The van der Waals surface area contributed by atoms with Gasteiger partial charge < -0.3 is 10.2 Å². The molecular weight excluding hydrogens is 176 g/mol. The molecule has 14 heavy (non-hydrogen) atoms. The lowest BCUT2D eigenvalue weighted by Crippen LogP contribution is -2.61. The maximum absolute atomic E-state index is 10.5. The van der Waals surface area contributed by atoms with Gasteiger partial charge in [0.2, 0.25) is 0 Å². The van der Waals surface area contributed by atoms with Crippen molar-refractivity contribution >= 4 is 0 Å². The predicted octanol–water partition coefficient (Wildman–Crippen LogP) is 2.01. The van der Waals surface area contributed by atoms with E-state index in [2.05, 4.69) is 6.08 Å². The predicted molar refractivity (Wildman–Crippen MR) is 55.9 cm³/mol. The molecule has 3 atom stereocenters. The van der Waals surface area contributed by atoms with Crippen LogP contribution in [0.2, 0.25) is 0 Å². The molecule has 0 aromatic rings. The third-order valence-electron chi connectivity index (χ3n) is 4.06. The molecule has 0 saturated heterocycles. The highest BCUT2D eigenvalue weighted by Gasteiger charge is 2.54. The highest BCUT2D eigenvalue weighted by molar-refractivity contribution is 5.22. The Labute approximate surface area is 85.6 Å². The summed E-state index contributed by atoms with van der Waals surface area (Å²) in [7, 11) is 0. The van der Waals surface area contributed by atoms with Gasteiger partial charge in [0.25, 0.3) is 0 Å². The second kappa shape index (κ2) is 3.07. The highest BCUT2D eigenvalue weighted by atomic mass is 16.4. The molecule has 2 aliphatic rings. The molecular formula is C12H20O2. The van der Waals surface area contributed by atoms with Crippen LogP contribution in [0.25, 0.3) is 0 Å². The molecule has 0 aliphatic heterocycles. The van der Waals surface area contributed by atoms with Gasteiger partial charge >= 0.3 is 0 Å². The molecule has 0 unspecified atom stereocenters. The summed E-state index contributed by atoms with van der Waals surface area (Å²) < 4.78 is 0. The molecule has 0 radical (unpaired) electrons. The zero-order chi connectivity index (χ0) is 10.4. The summed E-state index contributed by atoms with van der Waals surface area (Å²) in [6.45, 7) is 4.06. The fourth-order valence-corrected chi connectivity index (χ4v) is 3.24. The van der Waals surface area contributed by atoms with Crippen LogP contribution in [0.1, 0.15) is 46.0 Å². The van der Waals surface area contributed by atoms with E-state index in [-0.39, 0.29) is 5.92 Å². The Kier molecular flexibility index (Phi) is 2.24. The lowest BCUT2D eigenvalue weighted by Gasteiger charge is -2.52. The van der Waals surface area contributed by atoms with Gasteiger partial charge in [-0.25, -0.2) is 0 Å². The molecule has 0 spiro atoms. The van der Waals surface area contributed by atoms with Crippen molar-refractivity contribution in [2.75, 3.05) is 0 Å². The van der Waals surface area contributed by atoms with E-state index in [1.807, 2.05) is 13.8 Å². The van der Waals surface area contributed by atoms with Crippen molar-refractivity contribution in [2.45, 2.75) is 57.2 Å². The number of hydrogen-bond donors (Lipinski definition) is 2. The van der Waals surface area contributed by atoms with Crippen molar-refractivity contribution in [3.63, 3.8) is 0 Å². The van der Waals surface area contributed by atoms with Gasteiger partial charge in [-0.3, -0.25) is 0 Å². The first-order chi connectivity index (χ1) is 6.48. The number of aliphatic hydroxyl groups is 2. The van der Waals surface area contributed by atoms with E-state index in [1.54, 1.807) is 0 Å². The lowest BCUT2D eigenvalue weighted by molar-refractivity contribution is -0.196. The Morgan fingerprint density at radius 2 is 1.93 bits per heavy atom. The van der Waals surface area contributed by atoms with E-state index >= 15 is 0 Å². The second-order valence-electron chi connectivity index (χ2n) is 5.14. The minimum absolute atomic E-state index is 0.0848. The molecule has 2 heteroatoms. The average Bonchev–Trinajstić information content (AvgIpc) is 2.08. The van der Waals surface area contributed by atoms with Gasteiger partial charge in [0.15, 0.2) is 0 Å². The van der Waals surface area contributed by atoms with E-state index in [9.17, 15) is 10.2 Å². The standard InChI is InChI=1S/C12H20O2/c1-9-7-10(2)12(14)6-4-3-5-11(12,13)8-9/h7,10,13-14H,3-6,8H2,1-2H3/t10-,11+,12-/m1/s1. The fourth-order valence-electron chi connectivity index (χ4n) is 3.24. The van der Waals surface area contributed by atoms with Gasteiger partial charge in [0.1, 0.15) is 0 Å². The summed E-state index contributed by atoms with van der Waals surface area (Å²) >= 11 is 0. The Morgan fingerprint density at radius 3 is 2.64 bits per heavy atom. The van der Waals surface area contributed by atoms with Gasteiger partial charge in [-0.15, -0.1) is 0 Å². The zero-order valence-electron chi connectivity index (χ0n) is 9.08. The van der Waals surface area contributed by atoms with Gasteiger partial charge in [-0.1, -0.05) is 31.4 Å². The van der Waals surface area contributed by atoms with E-state index < -0.39 is 11.2 Å². The Balaban J connectivity index is 2.38. The SMILES string of the molecule is CC1=C[C@@H](C)[C@]2(O)CCCC[C@]2(O)C1. The first kappa shape index (κ1) is 10.2. The van der Waals surface area contributed by atoms with Crippen molar-refractivity contribution in [1.82, 2.24) is 0 Å². The summed E-state index contributed by atoms with van der Waals surface area (Å²) in [6, 6.07) is 0. The fraction of sp³-hybridized carbons (Fsp3) is 0.833. The largest absolute Gasteiger partial charge is 0.387 e.